The van der Waals surface area contributed by atoms with Crippen molar-refractivity contribution < 1.29 is 9.15 Å². The molecule has 6 nitrogen and oxygen atoms in total. The van der Waals surface area contributed by atoms with Crippen LogP contribution in [-0.4, -0.2) is 56.2 Å². The monoisotopic (exact) mass is 484 g/mol. The van der Waals surface area contributed by atoms with Crippen LogP contribution in [-0.2, 0) is 11.2 Å². The van der Waals surface area contributed by atoms with Gasteiger partial charge >= 0.3 is 0 Å². The summed E-state index contributed by atoms with van der Waals surface area (Å²) >= 11 is 0. The zero-order valence-corrected chi connectivity index (χ0v) is 18.6. The highest BCUT2D eigenvalue weighted by Crippen LogP contribution is 2.19. The molecule has 1 saturated heterocycles. The largest absolute Gasteiger partial charge is 0.444 e. The average molecular weight is 484 g/mol. The van der Waals surface area contributed by atoms with Crippen LogP contribution in [0, 0.1) is 12.8 Å². The molecule has 3 rings (SSSR count). The van der Waals surface area contributed by atoms with Crippen molar-refractivity contribution in [2.75, 3.05) is 40.4 Å². The van der Waals surface area contributed by atoms with Crippen LogP contribution >= 0.6 is 24.0 Å². The van der Waals surface area contributed by atoms with Crippen molar-refractivity contribution in [3.8, 4) is 11.5 Å². The van der Waals surface area contributed by atoms with Crippen LogP contribution in [0.15, 0.2) is 39.9 Å². The van der Waals surface area contributed by atoms with Gasteiger partial charge in [-0.05, 0) is 25.5 Å². The minimum atomic E-state index is 0. The Labute approximate surface area is 178 Å². The standard InChI is InChI=1S/C20H28N4O2.HI/c1-15-4-6-17(7-5-15)19-23-18(14-26-19)8-10-22-20(21-2)24(3)12-16-9-11-25-13-16;/h4-7,14,16H,8-13H2,1-3H3,(H,21,22);1H. The summed E-state index contributed by atoms with van der Waals surface area (Å²) in [5.74, 6) is 2.16. The molecule has 1 aliphatic heterocycles. The fourth-order valence-corrected chi connectivity index (χ4v) is 3.14. The van der Waals surface area contributed by atoms with Gasteiger partial charge in [0, 0.05) is 51.7 Å². The van der Waals surface area contributed by atoms with E-state index in [4.69, 9.17) is 9.15 Å². The molecule has 1 unspecified atom stereocenters. The van der Waals surface area contributed by atoms with Crippen molar-refractivity contribution in [3.63, 3.8) is 0 Å². The number of hydrogen-bond acceptors (Lipinski definition) is 4. The molecule has 1 aromatic heterocycles. The Balaban J connectivity index is 0.00000261. The molecule has 1 aromatic carbocycles. The molecule has 7 heteroatoms. The lowest BCUT2D eigenvalue weighted by molar-refractivity contribution is 0.181. The van der Waals surface area contributed by atoms with Crippen LogP contribution in [0.25, 0.3) is 11.5 Å². The van der Waals surface area contributed by atoms with E-state index in [1.54, 1.807) is 6.26 Å². The summed E-state index contributed by atoms with van der Waals surface area (Å²) in [6, 6.07) is 8.20. The van der Waals surface area contributed by atoms with Gasteiger partial charge < -0.3 is 19.4 Å². The van der Waals surface area contributed by atoms with E-state index in [1.165, 1.54) is 5.56 Å². The third kappa shape index (κ3) is 6.21. The van der Waals surface area contributed by atoms with E-state index in [0.717, 1.165) is 56.4 Å². The molecule has 2 aromatic rings. The van der Waals surface area contributed by atoms with Crippen LogP contribution in [0.3, 0.4) is 0 Å². The number of rotatable bonds is 6. The van der Waals surface area contributed by atoms with Gasteiger partial charge in [0.1, 0.15) is 6.26 Å². The van der Waals surface area contributed by atoms with Gasteiger partial charge in [0.15, 0.2) is 5.96 Å². The number of benzene rings is 1. The summed E-state index contributed by atoms with van der Waals surface area (Å²) in [6.45, 7) is 5.52. The van der Waals surface area contributed by atoms with Crippen molar-refractivity contribution in [2.45, 2.75) is 19.8 Å². The summed E-state index contributed by atoms with van der Waals surface area (Å²) < 4.78 is 11.1. The molecule has 1 fully saturated rings. The second kappa shape index (κ2) is 10.7. The topological polar surface area (TPSA) is 62.9 Å². The van der Waals surface area contributed by atoms with Crippen LogP contribution in [0.4, 0.5) is 0 Å². The molecular weight excluding hydrogens is 455 g/mol. The number of nitrogens with one attached hydrogen (secondary N) is 1. The molecule has 27 heavy (non-hydrogen) atoms. The van der Waals surface area contributed by atoms with Crippen molar-refractivity contribution in [1.82, 2.24) is 15.2 Å². The molecule has 0 spiro atoms. The SMILES string of the molecule is CN=C(NCCc1coc(-c2ccc(C)cc2)n1)N(C)CC1CCOC1.I. The molecule has 0 saturated carbocycles. The predicted octanol–water partition coefficient (Wildman–Crippen LogP) is 3.35. The molecule has 0 bridgehead atoms. The van der Waals surface area contributed by atoms with Crippen LogP contribution < -0.4 is 5.32 Å². The number of aromatic nitrogens is 1. The second-order valence-electron chi connectivity index (χ2n) is 6.84. The van der Waals surface area contributed by atoms with E-state index < -0.39 is 0 Å². The first-order chi connectivity index (χ1) is 12.7. The van der Waals surface area contributed by atoms with E-state index in [0.29, 0.717) is 11.8 Å². The molecule has 0 radical (unpaired) electrons. The maximum absolute atomic E-state index is 5.62. The number of halogens is 1. The van der Waals surface area contributed by atoms with Gasteiger partial charge in [-0.1, -0.05) is 17.7 Å². The summed E-state index contributed by atoms with van der Waals surface area (Å²) in [4.78, 5) is 11.1. The third-order valence-electron chi connectivity index (χ3n) is 4.64. The minimum Gasteiger partial charge on any atom is -0.444 e. The van der Waals surface area contributed by atoms with Crippen LogP contribution in [0.2, 0.25) is 0 Å². The van der Waals surface area contributed by atoms with Gasteiger partial charge in [0.2, 0.25) is 5.89 Å². The summed E-state index contributed by atoms with van der Waals surface area (Å²) in [5, 5.41) is 3.40. The summed E-state index contributed by atoms with van der Waals surface area (Å²) in [6.07, 6.45) is 3.65. The normalized spacial score (nSPS) is 16.9. The highest BCUT2D eigenvalue weighted by Gasteiger charge is 2.19. The molecule has 0 amide bonds. The van der Waals surface area contributed by atoms with Gasteiger partial charge in [-0.25, -0.2) is 4.98 Å². The molecule has 1 N–H and O–H groups in total. The molecule has 148 valence electrons. The van der Waals surface area contributed by atoms with E-state index in [-0.39, 0.29) is 24.0 Å². The zero-order chi connectivity index (χ0) is 18.4. The number of aliphatic imine (C=N–C) groups is 1. The fourth-order valence-electron chi connectivity index (χ4n) is 3.14. The Morgan fingerprint density at radius 2 is 2.11 bits per heavy atom. The number of aryl methyl sites for hydroxylation is 1. The number of oxazole rings is 1. The van der Waals surface area contributed by atoms with Crippen LogP contribution in [0.5, 0.6) is 0 Å². The summed E-state index contributed by atoms with van der Waals surface area (Å²) in [7, 11) is 3.88. The second-order valence-corrected chi connectivity index (χ2v) is 6.84. The van der Waals surface area contributed by atoms with E-state index in [1.807, 2.05) is 19.2 Å². The maximum atomic E-state index is 5.62. The van der Waals surface area contributed by atoms with E-state index in [2.05, 4.69) is 46.3 Å². The van der Waals surface area contributed by atoms with Crippen molar-refractivity contribution in [2.24, 2.45) is 10.9 Å². The molecule has 0 aliphatic carbocycles. The first-order valence-corrected chi connectivity index (χ1v) is 9.16. The average Bonchev–Trinajstić information content (AvgIpc) is 3.31. The number of hydrogen-bond donors (Lipinski definition) is 1. The Hall–Kier alpha value is -1.61. The highest BCUT2D eigenvalue weighted by atomic mass is 127. The first-order valence-electron chi connectivity index (χ1n) is 9.16. The Morgan fingerprint density at radius 1 is 1.33 bits per heavy atom. The fraction of sp³-hybridized carbons (Fsp3) is 0.500. The smallest absolute Gasteiger partial charge is 0.226 e. The zero-order valence-electron chi connectivity index (χ0n) is 16.3. The Kier molecular flexibility index (Phi) is 8.56. The lowest BCUT2D eigenvalue weighted by Crippen LogP contribution is -2.42. The number of ether oxygens (including phenoxy) is 1. The quantitative estimate of drug-likeness (QED) is 0.387. The van der Waals surface area contributed by atoms with E-state index in [9.17, 15) is 0 Å². The third-order valence-corrected chi connectivity index (χ3v) is 4.64. The van der Waals surface area contributed by atoms with Gasteiger partial charge in [-0.2, -0.15) is 0 Å². The summed E-state index contributed by atoms with van der Waals surface area (Å²) in [5.41, 5.74) is 3.17. The lowest BCUT2D eigenvalue weighted by atomic mass is 10.1. The maximum Gasteiger partial charge on any atom is 0.226 e. The first kappa shape index (κ1) is 21.7. The molecule has 2 heterocycles. The van der Waals surface area contributed by atoms with Crippen molar-refractivity contribution in [3.05, 3.63) is 41.8 Å². The van der Waals surface area contributed by atoms with Crippen LogP contribution in [0.1, 0.15) is 17.7 Å². The minimum absolute atomic E-state index is 0. The van der Waals surface area contributed by atoms with Gasteiger partial charge in [0.05, 0.1) is 12.3 Å². The van der Waals surface area contributed by atoms with Crippen molar-refractivity contribution >= 4 is 29.9 Å². The lowest BCUT2D eigenvalue weighted by Gasteiger charge is -2.24. The molecular formula is C20H29IN4O2. The van der Waals surface area contributed by atoms with Gasteiger partial charge in [0.25, 0.3) is 0 Å². The Bertz CT molecular complexity index is 724. The van der Waals surface area contributed by atoms with Crippen molar-refractivity contribution in [1.29, 1.82) is 0 Å². The highest BCUT2D eigenvalue weighted by molar-refractivity contribution is 14.0. The molecule has 1 aliphatic rings. The number of guanidine groups is 1. The van der Waals surface area contributed by atoms with Gasteiger partial charge in [-0.3, -0.25) is 4.99 Å². The molecule has 1 atom stereocenters. The predicted molar refractivity (Wildman–Crippen MR) is 119 cm³/mol. The number of nitrogens with zero attached hydrogens (tertiary/aromatic N) is 3. The van der Waals surface area contributed by atoms with E-state index >= 15 is 0 Å². The van der Waals surface area contributed by atoms with Gasteiger partial charge in [-0.15, -0.1) is 24.0 Å². The Morgan fingerprint density at radius 3 is 2.78 bits per heavy atom.